The molecule has 0 radical (unpaired) electrons. The van der Waals surface area contributed by atoms with Crippen molar-refractivity contribution in [1.29, 1.82) is 0 Å². The molecule has 0 aliphatic rings. The molecule has 6 nitrogen and oxygen atoms in total. The molecule has 3 aromatic rings. The number of nitrogen functional groups attached to an aromatic ring is 1. The highest BCUT2D eigenvalue weighted by Gasteiger charge is 2.16. The van der Waals surface area contributed by atoms with Gasteiger partial charge in [-0.25, -0.2) is 9.97 Å². The van der Waals surface area contributed by atoms with Gasteiger partial charge >= 0.3 is 0 Å². The number of rotatable bonds is 4. The fraction of sp³-hybridized carbons (Fsp3) is 0.167. The molecule has 3 N–H and O–H groups in total. The van der Waals surface area contributed by atoms with Crippen molar-refractivity contribution in [2.24, 2.45) is 0 Å². The zero-order valence-electron chi connectivity index (χ0n) is 13.5. The molecular formula is C18H18N4O2. The maximum Gasteiger partial charge on any atom is 0.270 e. The molecule has 1 unspecified atom stereocenters. The summed E-state index contributed by atoms with van der Waals surface area (Å²) in [7, 11) is 0. The summed E-state index contributed by atoms with van der Waals surface area (Å²) in [5.41, 5.74) is 7.43. The van der Waals surface area contributed by atoms with Crippen LogP contribution >= 0.6 is 0 Å². The molecule has 1 atom stereocenters. The third-order valence-corrected chi connectivity index (χ3v) is 3.62. The molecule has 0 spiro atoms. The summed E-state index contributed by atoms with van der Waals surface area (Å²) in [6.07, 6.45) is 0. The van der Waals surface area contributed by atoms with E-state index in [9.17, 15) is 4.79 Å². The van der Waals surface area contributed by atoms with E-state index >= 15 is 0 Å². The number of amides is 1. The number of carbonyl (C=O) groups excluding carboxylic acids is 1. The Hall–Kier alpha value is -3.15. The van der Waals surface area contributed by atoms with Crippen LogP contribution in [0, 0.1) is 6.92 Å². The predicted molar refractivity (Wildman–Crippen MR) is 91.2 cm³/mol. The molecule has 1 aromatic carbocycles. The lowest BCUT2D eigenvalue weighted by molar-refractivity contribution is 0.0935. The zero-order chi connectivity index (χ0) is 17.1. The largest absolute Gasteiger partial charge is 0.460 e. The van der Waals surface area contributed by atoms with E-state index in [1.54, 1.807) is 12.1 Å². The highest BCUT2D eigenvalue weighted by molar-refractivity contribution is 5.93. The Morgan fingerprint density at radius 1 is 1.17 bits per heavy atom. The quantitative estimate of drug-likeness (QED) is 0.769. The van der Waals surface area contributed by atoms with Crippen LogP contribution in [0.15, 0.2) is 52.9 Å². The number of nitrogens with one attached hydrogen (secondary N) is 1. The van der Waals surface area contributed by atoms with Gasteiger partial charge in [-0.05, 0) is 37.6 Å². The van der Waals surface area contributed by atoms with Gasteiger partial charge in [0.2, 0.25) is 5.95 Å². The van der Waals surface area contributed by atoms with Gasteiger partial charge in [-0.1, -0.05) is 30.3 Å². The van der Waals surface area contributed by atoms with E-state index < -0.39 is 0 Å². The molecule has 0 bridgehead atoms. The molecular weight excluding hydrogens is 304 g/mol. The number of nitrogens with zero attached hydrogens (tertiary/aromatic N) is 2. The minimum absolute atomic E-state index is 0.0269. The van der Waals surface area contributed by atoms with Crippen LogP contribution in [0.1, 0.15) is 34.8 Å². The molecule has 122 valence electrons. The molecule has 3 rings (SSSR count). The maximum atomic E-state index is 12.5. The van der Waals surface area contributed by atoms with Crippen molar-refractivity contribution in [3.8, 4) is 11.5 Å². The molecule has 1 amide bonds. The number of nitrogens with two attached hydrogens (primary N) is 1. The molecule has 24 heavy (non-hydrogen) atoms. The van der Waals surface area contributed by atoms with Crippen molar-refractivity contribution in [3.05, 3.63) is 65.5 Å². The molecule has 2 heterocycles. The average molecular weight is 322 g/mol. The minimum atomic E-state index is -0.315. The number of aromatic nitrogens is 2. The second-order valence-corrected chi connectivity index (χ2v) is 5.51. The zero-order valence-corrected chi connectivity index (χ0v) is 13.5. The third-order valence-electron chi connectivity index (χ3n) is 3.62. The van der Waals surface area contributed by atoms with Crippen LogP contribution in [0.4, 0.5) is 5.95 Å². The van der Waals surface area contributed by atoms with Gasteiger partial charge in [-0.3, -0.25) is 4.79 Å². The van der Waals surface area contributed by atoms with E-state index in [0.717, 1.165) is 11.3 Å². The van der Waals surface area contributed by atoms with E-state index in [4.69, 9.17) is 10.2 Å². The van der Waals surface area contributed by atoms with Crippen LogP contribution < -0.4 is 11.1 Å². The molecule has 0 saturated carbocycles. The third kappa shape index (κ3) is 3.43. The number of anilines is 1. The number of hydrogen-bond acceptors (Lipinski definition) is 5. The van der Waals surface area contributed by atoms with E-state index in [-0.39, 0.29) is 23.6 Å². The fourth-order valence-electron chi connectivity index (χ4n) is 2.38. The highest BCUT2D eigenvalue weighted by Crippen LogP contribution is 2.21. The first kappa shape index (κ1) is 15.7. The van der Waals surface area contributed by atoms with Crippen LogP contribution in [0.3, 0.4) is 0 Å². The van der Waals surface area contributed by atoms with Gasteiger partial charge in [0.15, 0.2) is 5.76 Å². The summed E-state index contributed by atoms with van der Waals surface area (Å²) >= 11 is 0. The van der Waals surface area contributed by atoms with Crippen LogP contribution in [0.2, 0.25) is 0 Å². The fourth-order valence-corrected chi connectivity index (χ4v) is 2.38. The van der Waals surface area contributed by atoms with E-state index in [0.29, 0.717) is 11.5 Å². The number of benzene rings is 1. The Labute approximate surface area is 139 Å². The van der Waals surface area contributed by atoms with Gasteiger partial charge in [0.05, 0.1) is 6.04 Å². The van der Waals surface area contributed by atoms with E-state index in [1.807, 2.05) is 50.2 Å². The van der Waals surface area contributed by atoms with Gasteiger partial charge in [0, 0.05) is 0 Å². The Morgan fingerprint density at radius 3 is 2.58 bits per heavy atom. The highest BCUT2D eigenvalue weighted by atomic mass is 16.3. The maximum absolute atomic E-state index is 12.5. The molecule has 0 fully saturated rings. The lowest BCUT2D eigenvalue weighted by Gasteiger charge is -2.14. The monoisotopic (exact) mass is 322 g/mol. The van der Waals surface area contributed by atoms with Crippen molar-refractivity contribution >= 4 is 11.9 Å². The smallest absolute Gasteiger partial charge is 0.270 e. The molecule has 0 aliphatic heterocycles. The first-order valence-electron chi connectivity index (χ1n) is 7.60. The number of furan rings is 1. The van der Waals surface area contributed by atoms with Crippen molar-refractivity contribution < 1.29 is 9.21 Å². The van der Waals surface area contributed by atoms with Gasteiger partial charge in [0.1, 0.15) is 17.1 Å². The van der Waals surface area contributed by atoms with Crippen LogP contribution in [0.5, 0.6) is 0 Å². The van der Waals surface area contributed by atoms with Crippen molar-refractivity contribution in [3.63, 3.8) is 0 Å². The second kappa shape index (κ2) is 6.54. The summed E-state index contributed by atoms with van der Waals surface area (Å²) in [5, 5.41) is 2.91. The molecule has 6 heteroatoms. The summed E-state index contributed by atoms with van der Waals surface area (Å²) < 4.78 is 5.53. The van der Waals surface area contributed by atoms with Gasteiger partial charge < -0.3 is 15.5 Å². The normalized spacial score (nSPS) is 11.9. The second-order valence-electron chi connectivity index (χ2n) is 5.51. The van der Waals surface area contributed by atoms with E-state index in [2.05, 4.69) is 15.3 Å². The first-order chi connectivity index (χ1) is 11.5. The first-order valence-corrected chi connectivity index (χ1v) is 7.60. The molecule has 2 aromatic heterocycles. The van der Waals surface area contributed by atoms with Crippen LogP contribution in [0.25, 0.3) is 11.5 Å². The SMILES string of the molecule is Cc1ccc(-c2cc(C(=O)NC(C)c3ccccc3)nc(N)n2)o1. The molecule has 0 saturated heterocycles. The Bertz CT molecular complexity index is 858. The van der Waals surface area contributed by atoms with Gasteiger partial charge in [-0.2, -0.15) is 0 Å². The summed E-state index contributed by atoms with van der Waals surface area (Å²) in [6, 6.07) is 14.7. The van der Waals surface area contributed by atoms with Gasteiger partial charge in [0.25, 0.3) is 5.91 Å². The summed E-state index contributed by atoms with van der Waals surface area (Å²) in [5.74, 6) is 1.02. The van der Waals surface area contributed by atoms with Crippen LogP contribution in [-0.4, -0.2) is 15.9 Å². The Morgan fingerprint density at radius 2 is 1.92 bits per heavy atom. The van der Waals surface area contributed by atoms with Crippen molar-refractivity contribution in [2.45, 2.75) is 19.9 Å². The Balaban J connectivity index is 1.83. The van der Waals surface area contributed by atoms with Gasteiger partial charge in [-0.15, -0.1) is 0 Å². The van der Waals surface area contributed by atoms with Crippen molar-refractivity contribution in [1.82, 2.24) is 15.3 Å². The predicted octanol–water partition coefficient (Wildman–Crippen LogP) is 3.12. The summed E-state index contributed by atoms with van der Waals surface area (Å²) in [4.78, 5) is 20.6. The Kier molecular flexibility index (Phi) is 4.29. The average Bonchev–Trinajstić information content (AvgIpc) is 3.01. The lowest BCUT2D eigenvalue weighted by Crippen LogP contribution is -2.27. The number of carbonyl (C=O) groups is 1. The minimum Gasteiger partial charge on any atom is -0.460 e. The lowest BCUT2D eigenvalue weighted by atomic mass is 10.1. The van der Waals surface area contributed by atoms with Crippen molar-refractivity contribution in [2.75, 3.05) is 5.73 Å². The number of aryl methyl sites for hydroxylation is 1. The summed E-state index contributed by atoms with van der Waals surface area (Å²) in [6.45, 7) is 3.75. The topological polar surface area (TPSA) is 94.0 Å². The standard InChI is InChI=1S/C18H18N4O2/c1-11-8-9-16(24-11)14-10-15(22-18(19)21-14)17(23)20-12(2)13-6-4-3-5-7-13/h3-10,12H,1-2H3,(H,20,23)(H2,19,21,22). The molecule has 0 aliphatic carbocycles. The number of hydrogen-bond donors (Lipinski definition) is 2. The van der Waals surface area contributed by atoms with Crippen LogP contribution in [-0.2, 0) is 0 Å². The van der Waals surface area contributed by atoms with E-state index in [1.165, 1.54) is 0 Å².